The largest absolute Gasteiger partial charge is 0.378 e. The Bertz CT molecular complexity index is 977. The molecule has 2 heterocycles. The monoisotopic (exact) mass is 462 g/mol. The van der Waals surface area contributed by atoms with Crippen molar-refractivity contribution in [2.24, 2.45) is 5.41 Å². The van der Waals surface area contributed by atoms with Gasteiger partial charge in [0, 0.05) is 12.6 Å². The van der Waals surface area contributed by atoms with Gasteiger partial charge >= 0.3 is 0 Å². The molecule has 2 aliphatic heterocycles. The third kappa shape index (κ3) is 3.30. The van der Waals surface area contributed by atoms with Gasteiger partial charge in [-0.3, -0.25) is 19.9 Å². The lowest BCUT2D eigenvalue weighted by molar-refractivity contribution is -0.209. The predicted molar refractivity (Wildman–Crippen MR) is 118 cm³/mol. The van der Waals surface area contributed by atoms with E-state index in [9.17, 15) is 14.0 Å². The van der Waals surface area contributed by atoms with E-state index in [2.05, 4.69) is 10.6 Å². The van der Waals surface area contributed by atoms with Crippen molar-refractivity contribution >= 4 is 35.1 Å². The van der Waals surface area contributed by atoms with Gasteiger partial charge in [-0.15, -0.1) is 0 Å². The van der Waals surface area contributed by atoms with Crippen molar-refractivity contribution in [3.05, 3.63) is 28.8 Å². The molecule has 0 radical (unpaired) electrons. The third-order valence-corrected chi connectivity index (χ3v) is 7.93. The Kier molecular flexibility index (Phi) is 4.84. The summed E-state index contributed by atoms with van der Waals surface area (Å²) >= 11 is 6.69. The van der Waals surface area contributed by atoms with Crippen LogP contribution in [0, 0.1) is 10.8 Å². The first kappa shape index (κ1) is 21.6. The van der Waals surface area contributed by atoms with Gasteiger partial charge in [-0.05, 0) is 57.6 Å². The molecule has 3 aliphatic carbocycles. The molecule has 1 aromatic rings. The van der Waals surface area contributed by atoms with Gasteiger partial charge in [0.25, 0.3) is 0 Å². The molecule has 3 saturated carbocycles. The molecule has 2 bridgehead atoms. The van der Waals surface area contributed by atoms with Gasteiger partial charge in [-0.1, -0.05) is 23.7 Å². The summed E-state index contributed by atoms with van der Waals surface area (Å²) in [6.45, 7) is 4.38. The lowest BCUT2D eigenvalue weighted by Crippen LogP contribution is -2.69. The number of amides is 2. The highest BCUT2D eigenvalue weighted by Crippen LogP contribution is 2.69. The van der Waals surface area contributed by atoms with Gasteiger partial charge in [0.1, 0.15) is 5.67 Å². The van der Waals surface area contributed by atoms with E-state index in [1.165, 1.54) is 4.90 Å². The molecular weight excluding hydrogens is 435 g/mol. The zero-order chi connectivity index (χ0) is 22.9. The summed E-state index contributed by atoms with van der Waals surface area (Å²) in [6, 6.07) is 5.21. The van der Waals surface area contributed by atoms with E-state index in [1.54, 1.807) is 18.2 Å². The average molecular weight is 463 g/mol. The van der Waals surface area contributed by atoms with Gasteiger partial charge in [-0.25, -0.2) is 4.39 Å². The molecule has 2 saturated heterocycles. The average Bonchev–Trinajstić information content (AvgIpc) is 2.65. The van der Waals surface area contributed by atoms with Crippen LogP contribution in [0.5, 0.6) is 0 Å². The van der Waals surface area contributed by atoms with Crippen LogP contribution in [0.25, 0.3) is 0 Å². The molecule has 0 spiro atoms. The van der Waals surface area contributed by atoms with Crippen LogP contribution in [0.4, 0.5) is 10.1 Å². The Morgan fingerprint density at radius 3 is 2.72 bits per heavy atom. The zero-order valence-corrected chi connectivity index (χ0v) is 19.0. The van der Waals surface area contributed by atoms with E-state index >= 15 is 0 Å². The second kappa shape index (κ2) is 7.15. The molecule has 5 fully saturated rings. The van der Waals surface area contributed by atoms with E-state index in [1.807, 2.05) is 13.8 Å². The minimum atomic E-state index is -1.16. The fraction of sp³-hybridized carbons (Fsp3) is 0.609. The zero-order valence-electron chi connectivity index (χ0n) is 18.3. The highest BCUT2D eigenvalue weighted by Gasteiger charge is 2.72. The molecule has 0 unspecified atom stereocenters. The van der Waals surface area contributed by atoms with Crippen LogP contribution in [-0.2, 0) is 19.9 Å². The number of rotatable bonds is 4. The number of carbonyl (C=O) groups excluding carboxylic acids is 2. The molecule has 7 nitrogen and oxygen atoms in total. The van der Waals surface area contributed by atoms with Crippen molar-refractivity contribution in [1.29, 1.82) is 5.41 Å². The van der Waals surface area contributed by atoms with Crippen molar-refractivity contribution in [3.63, 3.8) is 0 Å². The van der Waals surface area contributed by atoms with Gasteiger partial charge in [0.05, 0.1) is 34.2 Å². The standard InChI is InChI=1S/C23H28ClFN4O3/c1-13-8-14(6-7-32-13)29-17(30)9-21(2,28-20(29)26)15-4-3-5-16(18(15)24)27-19(31)22-10-23(25,11-22)12-22/h3-5,13-14H,6-12H2,1-2H3,(H2,26,28)(H,27,31)/t13-,14-,21+,22?,23?/m1/s1. The van der Waals surface area contributed by atoms with Crippen LogP contribution < -0.4 is 10.6 Å². The number of nitrogens with zero attached hydrogens (tertiary/aromatic N) is 1. The smallest absolute Gasteiger partial charge is 0.232 e. The molecular formula is C23H28ClFN4O3. The van der Waals surface area contributed by atoms with E-state index in [0.717, 1.165) is 0 Å². The summed E-state index contributed by atoms with van der Waals surface area (Å²) in [7, 11) is 0. The van der Waals surface area contributed by atoms with Crippen molar-refractivity contribution in [2.45, 2.75) is 75.7 Å². The maximum Gasteiger partial charge on any atom is 0.232 e. The van der Waals surface area contributed by atoms with Crippen molar-refractivity contribution in [1.82, 2.24) is 10.2 Å². The highest BCUT2D eigenvalue weighted by molar-refractivity contribution is 6.34. The van der Waals surface area contributed by atoms with E-state index in [-0.39, 0.29) is 55.6 Å². The fourth-order valence-corrected chi connectivity index (χ4v) is 6.23. The number of guanidine groups is 1. The summed E-state index contributed by atoms with van der Waals surface area (Å²) in [5.41, 5.74) is -1.58. The van der Waals surface area contributed by atoms with Crippen LogP contribution >= 0.6 is 11.6 Å². The minimum absolute atomic E-state index is 0.0470. The van der Waals surface area contributed by atoms with Crippen molar-refractivity contribution in [2.75, 3.05) is 11.9 Å². The lowest BCUT2D eigenvalue weighted by Gasteiger charge is -2.64. The Hall–Kier alpha value is -2.19. The molecule has 3 atom stereocenters. The molecule has 32 heavy (non-hydrogen) atoms. The summed E-state index contributed by atoms with van der Waals surface area (Å²) in [6.07, 6.45) is 2.38. The molecule has 172 valence electrons. The normalized spacial score (nSPS) is 38.4. The van der Waals surface area contributed by atoms with Gasteiger partial charge in [-0.2, -0.15) is 0 Å². The SMILES string of the molecule is C[C@@H]1C[C@H](N2C(=N)N[C@](C)(c3cccc(NC(=O)C45CC(F)(C4)C5)c3Cl)CC2=O)CCO1. The predicted octanol–water partition coefficient (Wildman–Crippen LogP) is 3.71. The van der Waals surface area contributed by atoms with E-state index in [4.69, 9.17) is 21.7 Å². The van der Waals surface area contributed by atoms with Gasteiger partial charge < -0.3 is 15.4 Å². The number of nitrogens with one attached hydrogen (secondary N) is 3. The van der Waals surface area contributed by atoms with E-state index in [0.29, 0.717) is 35.7 Å². The number of halogens is 2. The first-order valence-corrected chi connectivity index (χ1v) is 11.5. The molecule has 6 rings (SSSR count). The molecule has 9 heteroatoms. The fourth-order valence-electron chi connectivity index (χ4n) is 5.85. The number of hydrogen-bond donors (Lipinski definition) is 3. The second-order valence-electron chi connectivity index (χ2n) is 10.2. The number of alkyl halides is 1. The van der Waals surface area contributed by atoms with Crippen molar-refractivity contribution in [3.8, 4) is 0 Å². The number of benzene rings is 1. The first-order valence-electron chi connectivity index (χ1n) is 11.1. The second-order valence-corrected chi connectivity index (χ2v) is 10.6. The molecule has 5 aliphatic rings. The summed E-state index contributed by atoms with van der Waals surface area (Å²) in [5.74, 6) is -0.292. The van der Waals surface area contributed by atoms with Gasteiger partial charge in [0.15, 0.2) is 5.96 Å². The molecule has 0 aromatic heterocycles. The van der Waals surface area contributed by atoms with Crippen LogP contribution in [0.15, 0.2) is 18.2 Å². The molecule has 3 N–H and O–H groups in total. The highest BCUT2D eigenvalue weighted by atomic mass is 35.5. The molecule has 1 aromatic carbocycles. The Morgan fingerprint density at radius 2 is 2.09 bits per heavy atom. The van der Waals surface area contributed by atoms with Crippen LogP contribution in [0.2, 0.25) is 5.02 Å². The van der Waals surface area contributed by atoms with Gasteiger partial charge in [0.2, 0.25) is 11.8 Å². The minimum Gasteiger partial charge on any atom is -0.378 e. The topological polar surface area (TPSA) is 94.5 Å². The lowest BCUT2D eigenvalue weighted by atomic mass is 9.42. The Balaban J connectivity index is 1.34. The number of ether oxygens (including phenoxy) is 1. The maximum atomic E-state index is 13.8. The van der Waals surface area contributed by atoms with Crippen LogP contribution in [0.1, 0.15) is 57.9 Å². The number of hydrogen-bond acceptors (Lipinski definition) is 4. The number of carbonyl (C=O) groups is 2. The molecule has 2 amide bonds. The maximum absolute atomic E-state index is 13.8. The Labute approximate surface area is 191 Å². The quantitative estimate of drug-likeness (QED) is 0.635. The van der Waals surface area contributed by atoms with E-state index < -0.39 is 16.6 Å². The van der Waals surface area contributed by atoms with Crippen molar-refractivity contribution < 1.29 is 18.7 Å². The van der Waals surface area contributed by atoms with Crippen LogP contribution in [0.3, 0.4) is 0 Å². The third-order valence-electron chi connectivity index (χ3n) is 7.52. The summed E-state index contributed by atoms with van der Waals surface area (Å²) in [4.78, 5) is 27.4. The van der Waals surface area contributed by atoms with Crippen LogP contribution in [-0.4, -0.2) is 47.1 Å². The summed E-state index contributed by atoms with van der Waals surface area (Å²) < 4.78 is 19.4. The summed E-state index contributed by atoms with van der Waals surface area (Å²) in [5, 5.41) is 14.9. The Morgan fingerprint density at radius 1 is 1.38 bits per heavy atom. The number of anilines is 1. The first-order chi connectivity index (χ1) is 15.0.